The summed E-state index contributed by atoms with van der Waals surface area (Å²) in [5.74, 6) is 1.88. The molecular weight excluding hydrogens is 512 g/mol. The van der Waals surface area contributed by atoms with Gasteiger partial charge in [-0.25, -0.2) is 5.01 Å². The third-order valence-electron chi connectivity index (χ3n) is 7.10. The number of hydrogen-bond acceptors (Lipinski definition) is 7. The van der Waals surface area contributed by atoms with Gasteiger partial charge in [0.15, 0.2) is 11.5 Å². The second-order valence-electron chi connectivity index (χ2n) is 10.7. The van der Waals surface area contributed by atoms with E-state index < -0.39 is 0 Å². The Kier molecular flexibility index (Phi) is 9.91. The van der Waals surface area contributed by atoms with Crippen molar-refractivity contribution >= 4 is 34.3 Å². The van der Waals surface area contributed by atoms with Crippen molar-refractivity contribution in [3.63, 3.8) is 0 Å². The van der Waals surface area contributed by atoms with Gasteiger partial charge in [0.1, 0.15) is 0 Å². The van der Waals surface area contributed by atoms with Crippen LogP contribution < -0.4 is 14.8 Å². The van der Waals surface area contributed by atoms with E-state index >= 15 is 0 Å². The van der Waals surface area contributed by atoms with E-state index in [9.17, 15) is 9.59 Å². The van der Waals surface area contributed by atoms with Gasteiger partial charge in [0.25, 0.3) is 0 Å². The summed E-state index contributed by atoms with van der Waals surface area (Å²) in [5, 5.41) is 9.09. The predicted octanol–water partition coefficient (Wildman–Crippen LogP) is 6.15. The lowest BCUT2D eigenvalue weighted by Gasteiger charge is -2.29. The highest BCUT2D eigenvalue weighted by molar-refractivity contribution is 8.14. The summed E-state index contributed by atoms with van der Waals surface area (Å²) in [6.07, 6.45) is 4.71. The molecule has 9 heteroatoms. The van der Waals surface area contributed by atoms with Crippen LogP contribution in [0.2, 0.25) is 0 Å². The number of nitrogens with one attached hydrogen (secondary N) is 1. The van der Waals surface area contributed by atoms with E-state index in [1.807, 2.05) is 42.5 Å². The number of thioether (sulfide) groups is 1. The summed E-state index contributed by atoms with van der Waals surface area (Å²) >= 11 is 1.24. The quantitative estimate of drug-likeness (QED) is 0.360. The number of hydrogen-bond donors (Lipinski definition) is 1. The molecule has 1 heterocycles. The number of ether oxygens (including phenoxy) is 2. The van der Waals surface area contributed by atoms with Gasteiger partial charge in [0, 0.05) is 29.1 Å². The van der Waals surface area contributed by atoms with Gasteiger partial charge in [-0.1, -0.05) is 23.9 Å². The minimum absolute atomic E-state index is 0.0437. The molecule has 2 aromatic rings. The fraction of sp³-hybridized carbons (Fsp3) is 0.500. The average Bonchev–Trinajstić information content (AvgIpc) is 3.42. The van der Waals surface area contributed by atoms with Crippen LogP contribution >= 0.6 is 11.8 Å². The minimum atomic E-state index is -0.0884. The van der Waals surface area contributed by atoms with Gasteiger partial charge < -0.3 is 14.8 Å². The number of carbonyl (C=O) groups excluding carboxylic acids is 2. The molecule has 39 heavy (non-hydrogen) atoms. The SMILES string of the molecule is COc1ccc(C2=NN(Cc3ccc(NC(=O)CN(C(C)C)C(C)C)cc3)C(=O)SC2)cc1OC1CCCC1. The van der Waals surface area contributed by atoms with Gasteiger partial charge in [-0.05, 0) is 89.3 Å². The first kappa shape index (κ1) is 29.0. The maximum Gasteiger partial charge on any atom is 0.302 e. The summed E-state index contributed by atoms with van der Waals surface area (Å²) in [4.78, 5) is 27.4. The molecule has 1 aliphatic heterocycles. The summed E-state index contributed by atoms with van der Waals surface area (Å²) < 4.78 is 11.8. The highest BCUT2D eigenvalue weighted by atomic mass is 32.2. The summed E-state index contributed by atoms with van der Waals surface area (Å²) in [6.45, 7) is 9.05. The average molecular weight is 553 g/mol. The predicted molar refractivity (Wildman–Crippen MR) is 158 cm³/mol. The molecule has 0 bridgehead atoms. The summed E-state index contributed by atoms with van der Waals surface area (Å²) in [7, 11) is 1.65. The maximum absolute atomic E-state index is 12.7. The Bertz CT molecular complexity index is 1170. The van der Waals surface area contributed by atoms with Crippen LogP contribution in [0, 0.1) is 0 Å². The van der Waals surface area contributed by atoms with Crippen LogP contribution in [-0.4, -0.2) is 64.4 Å². The zero-order chi connectivity index (χ0) is 27.9. The number of anilines is 1. The van der Waals surface area contributed by atoms with E-state index in [1.54, 1.807) is 7.11 Å². The molecule has 0 spiro atoms. The van der Waals surface area contributed by atoms with Crippen molar-refractivity contribution < 1.29 is 19.1 Å². The van der Waals surface area contributed by atoms with E-state index in [4.69, 9.17) is 14.6 Å². The van der Waals surface area contributed by atoms with E-state index in [0.29, 0.717) is 24.6 Å². The van der Waals surface area contributed by atoms with E-state index in [2.05, 4.69) is 37.9 Å². The number of benzene rings is 2. The molecule has 4 rings (SSSR count). The van der Waals surface area contributed by atoms with Gasteiger partial charge in [-0.3, -0.25) is 14.5 Å². The Morgan fingerprint density at radius 3 is 2.41 bits per heavy atom. The molecular formula is C30H40N4O4S. The standard InChI is InChI=1S/C30H40N4O4S/c1-20(2)33(21(3)4)18-29(35)31-24-13-10-22(11-14-24)17-34-30(36)39-19-26(32-34)23-12-15-27(37-5)28(16-23)38-25-8-6-7-9-25/h10-16,20-21,25H,6-9,17-19H2,1-5H3,(H,31,35). The highest BCUT2D eigenvalue weighted by Crippen LogP contribution is 2.33. The first-order valence-corrected chi connectivity index (χ1v) is 14.7. The highest BCUT2D eigenvalue weighted by Gasteiger charge is 2.24. The monoisotopic (exact) mass is 552 g/mol. The third kappa shape index (κ3) is 7.76. The van der Waals surface area contributed by atoms with Gasteiger partial charge in [-0.2, -0.15) is 5.10 Å². The van der Waals surface area contributed by atoms with Gasteiger partial charge in [0.2, 0.25) is 5.91 Å². The van der Waals surface area contributed by atoms with E-state index in [1.165, 1.54) is 29.6 Å². The number of nitrogens with zero attached hydrogens (tertiary/aromatic N) is 3. The van der Waals surface area contributed by atoms with Crippen molar-refractivity contribution in [1.29, 1.82) is 0 Å². The molecule has 0 radical (unpaired) electrons. The summed E-state index contributed by atoms with van der Waals surface area (Å²) in [6, 6.07) is 14.0. The molecule has 210 valence electrons. The van der Waals surface area contributed by atoms with Crippen LogP contribution in [0.25, 0.3) is 0 Å². The summed E-state index contributed by atoms with van der Waals surface area (Å²) in [5.41, 5.74) is 3.40. The Morgan fingerprint density at radius 1 is 1.08 bits per heavy atom. The number of carbonyl (C=O) groups is 2. The first-order valence-electron chi connectivity index (χ1n) is 13.7. The fourth-order valence-electron chi connectivity index (χ4n) is 4.99. The van der Waals surface area contributed by atoms with Crippen molar-refractivity contribution in [3.8, 4) is 11.5 Å². The van der Waals surface area contributed by atoms with Crippen LogP contribution in [0.3, 0.4) is 0 Å². The van der Waals surface area contributed by atoms with Crippen LogP contribution in [0.1, 0.15) is 64.5 Å². The lowest BCUT2D eigenvalue weighted by Crippen LogP contribution is -2.42. The third-order valence-corrected chi connectivity index (χ3v) is 7.98. The van der Waals surface area contributed by atoms with Crippen LogP contribution in [0.4, 0.5) is 10.5 Å². The smallest absolute Gasteiger partial charge is 0.302 e. The Morgan fingerprint density at radius 2 is 1.77 bits per heavy atom. The van der Waals surface area contributed by atoms with Crippen LogP contribution in [0.15, 0.2) is 47.6 Å². The number of hydrazone groups is 1. The number of rotatable bonds is 11. The van der Waals surface area contributed by atoms with Gasteiger partial charge in [0.05, 0.1) is 32.0 Å². The molecule has 1 fully saturated rings. The van der Waals surface area contributed by atoms with Crippen molar-refractivity contribution in [2.45, 2.75) is 78.1 Å². The zero-order valence-corrected chi connectivity index (χ0v) is 24.4. The lowest BCUT2D eigenvalue weighted by atomic mass is 10.1. The normalized spacial score (nSPS) is 16.3. The Labute approximate surface area is 236 Å². The topological polar surface area (TPSA) is 83.5 Å². The van der Waals surface area contributed by atoms with Crippen molar-refractivity contribution in [3.05, 3.63) is 53.6 Å². The van der Waals surface area contributed by atoms with E-state index in [0.717, 1.165) is 41.1 Å². The number of amides is 2. The molecule has 1 saturated carbocycles. The van der Waals surface area contributed by atoms with Crippen LogP contribution in [-0.2, 0) is 11.3 Å². The molecule has 1 aliphatic carbocycles. The van der Waals surface area contributed by atoms with Crippen molar-refractivity contribution in [2.24, 2.45) is 5.10 Å². The van der Waals surface area contributed by atoms with Crippen molar-refractivity contribution in [1.82, 2.24) is 9.91 Å². The number of methoxy groups -OCH3 is 1. The molecule has 0 saturated heterocycles. The van der Waals surface area contributed by atoms with Crippen LogP contribution in [0.5, 0.6) is 11.5 Å². The molecule has 1 N–H and O–H groups in total. The van der Waals surface area contributed by atoms with Gasteiger partial charge >= 0.3 is 5.24 Å². The second-order valence-corrected chi connectivity index (χ2v) is 11.6. The second kappa shape index (κ2) is 13.3. The molecule has 0 unspecified atom stereocenters. The molecule has 0 aromatic heterocycles. The molecule has 2 amide bonds. The van der Waals surface area contributed by atoms with Crippen molar-refractivity contribution in [2.75, 3.05) is 24.7 Å². The zero-order valence-electron chi connectivity index (χ0n) is 23.6. The molecule has 8 nitrogen and oxygen atoms in total. The van der Waals surface area contributed by atoms with E-state index in [-0.39, 0.29) is 29.3 Å². The lowest BCUT2D eigenvalue weighted by molar-refractivity contribution is -0.118. The molecule has 2 aliphatic rings. The Balaban J connectivity index is 1.42. The van der Waals surface area contributed by atoms with Gasteiger partial charge in [-0.15, -0.1) is 0 Å². The largest absolute Gasteiger partial charge is 0.493 e. The molecule has 0 atom stereocenters. The molecule has 2 aromatic carbocycles. The first-order chi connectivity index (χ1) is 18.7. The fourth-order valence-corrected chi connectivity index (χ4v) is 5.73. The Hall–Kier alpha value is -3.04. The minimum Gasteiger partial charge on any atom is -0.493 e. The maximum atomic E-state index is 12.7.